The van der Waals surface area contributed by atoms with E-state index in [0.717, 1.165) is 42.9 Å². The van der Waals surface area contributed by atoms with E-state index in [4.69, 9.17) is 21.6 Å². The number of hydrogen-bond donors (Lipinski definition) is 1. The maximum absolute atomic E-state index is 13.8. The second-order valence-corrected chi connectivity index (χ2v) is 11.7. The lowest BCUT2D eigenvalue weighted by atomic mass is 10.0. The monoisotopic (exact) mass is 625 g/mol. The molecule has 2 heterocycles. The molecule has 0 saturated heterocycles. The Morgan fingerprint density at radius 3 is 2.25 bits per heavy atom. The molecule has 0 radical (unpaired) electrons. The maximum atomic E-state index is 13.8. The third-order valence-electron chi connectivity index (χ3n) is 7.80. The van der Waals surface area contributed by atoms with E-state index in [0.29, 0.717) is 47.3 Å². The molecule has 4 aromatic rings. The Balaban J connectivity index is 1.67. The van der Waals surface area contributed by atoms with Gasteiger partial charge in [0.15, 0.2) is 0 Å². The van der Waals surface area contributed by atoms with Gasteiger partial charge in [-0.25, -0.2) is 9.97 Å². The number of anilines is 1. The van der Waals surface area contributed by atoms with E-state index >= 15 is 0 Å². The van der Waals surface area contributed by atoms with Gasteiger partial charge in [0.1, 0.15) is 11.6 Å². The van der Waals surface area contributed by atoms with E-state index in [1.807, 2.05) is 24.3 Å². The van der Waals surface area contributed by atoms with Crippen molar-refractivity contribution < 1.29 is 13.2 Å². The SMILES string of the molecule is CCCCCCN(CCCCCC)Cc1nc(NCCc2ccccc2Cl)c2ccc(-c3ncccc3C(F)(F)F)cc2n1. The molecule has 5 nitrogen and oxygen atoms in total. The number of fused-ring (bicyclic) bond motifs is 1. The number of nitrogens with one attached hydrogen (secondary N) is 1. The predicted octanol–water partition coefficient (Wildman–Crippen LogP) is 9.98. The molecule has 4 rings (SSSR count). The van der Waals surface area contributed by atoms with Gasteiger partial charge in [0, 0.05) is 28.7 Å². The van der Waals surface area contributed by atoms with Gasteiger partial charge in [-0.05, 0) is 68.2 Å². The summed E-state index contributed by atoms with van der Waals surface area (Å²) in [6.45, 7) is 7.52. The Morgan fingerprint density at radius 2 is 1.57 bits per heavy atom. The summed E-state index contributed by atoms with van der Waals surface area (Å²) >= 11 is 6.38. The highest BCUT2D eigenvalue weighted by atomic mass is 35.5. The van der Waals surface area contributed by atoms with Crippen molar-refractivity contribution in [1.82, 2.24) is 19.9 Å². The fraction of sp³-hybridized carbons (Fsp3) is 0.457. The van der Waals surface area contributed by atoms with Crippen molar-refractivity contribution in [2.24, 2.45) is 0 Å². The second-order valence-electron chi connectivity index (χ2n) is 11.3. The van der Waals surface area contributed by atoms with Crippen LogP contribution in [-0.2, 0) is 19.1 Å². The topological polar surface area (TPSA) is 53.9 Å². The first-order valence-corrected chi connectivity index (χ1v) is 16.2. The number of nitrogens with zero attached hydrogens (tertiary/aromatic N) is 4. The molecule has 0 saturated carbocycles. The molecule has 2 aromatic heterocycles. The first kappa shape index (κ1) is 33.7. The minimum atomic E-state index is -4.52. The van der Waals surface area contributed by atoms with Crippen LogP contribution in [-0.4, -0.2) is 39.5 Å². The van der Waals surface area contributed by atoms with Crippen molar-refractivity contribution in [1.29, 1.82) is 0 Å². The largest absolute Gasteiger partial charge is 0.418 e. The van der Waals surface area contributed by atoms with Gasteiger partial charge in [-0.15, -0.1) is 0 Å². The van der Waals surface area contributed by atoms with Gasteiger partial charge >= 0.3 is 6.18 Å². The van der Waals surface area contributed by atoms with Crippen LogP contribution in [0.1, 0.15) is 82.2 Å². The van der Waals surface area contributed by atoms with Gasteiger partial charge in [-0.3, -0.25) is 9.88 Å². The predicted molar refractivity (Wildman–Crippen MR) is 175 cm³/mol. The summed E-state index contributed by atoms with van der Waals surface area (Å²) in [5.41, 5.74) is 1.11. The second kappa shape index (κ2) is 16.7. The van der Waals surface area contributed by atoms with Crippen molar-refractivity contribution in [2.75, 3.05) is 25.0 Å². The highest BCUT2D eigenvalue weighted by Gasteiger charge is 2.34. The van der Waals surface area contributed by atoms with E-state index in [2.05, 4.69) is 29.0 Å². The van der Waals surface area contributed by atoms with Gasteiger partial charge < -0.3 is 5.32 Å². The summed E-state index contributed by atoms with van der Waals surface area (Å²) < 4.78 is 41.5. The Hall–Kier alpha value is -3.23. The summed E-state index contributed by atoms with van der Waals surface area (Å²) in [7, 11) is 0. The number of rotatable bonds is 17. The fourth-order valence-electron chi connectivity index (χ4n) is 5.41. The smallest absolute Gasteiger partial charge is 0.369 e. The van der Waals surface area contributed by atoms with Crippen molar-refractivity contribution in [3.63, 3.8) is 0 Å². The zero-order valence-corrected chi connectivity index (χ0v) is 26.5. The summed E-state index contributed by atoms with van der Waals surface area (Å²) in [4.78, 5) is 16.4. The number of pyridine rings is 1. The highest BCUT2D eigenvalue weighted by Crippen LogP contribution is 2.37. The molecular formula is C35H43ClF3N5. The molecule has 0 aliphatic rings. The molecule has 0 amide bonds. The zero-order chi connectivity index (χ0) is 31.4. The lowest BCUT2D eigenvalue weighted by Crippen LogP contribution is -2.27. The molecule has 0 spiro atoms. The third kappa shape index (κ3) is 9.63. The molecule has 9 heteroatoms. The Kier molecular flexibility index (Phi) is 12.8. The van der Waals surface area contributed by atoms with Gasteiger partial charge in [0.2, 0.25) is 0 Å². The van der Waals surface area contributed by atoms with Gasteiger partial charge in [-0.1, -0.05) is 88.2 Å². The van der Waals surface area contributed by atoms with E-state index < -0.39 is 11.7 Å². The maximum Gasteiger partial charge on any atom is 0.418 e. The Morgan fingerprint density at radius 1 is 0.841 bits per heavy atom. The van der Waals surface area contributed by atoms with E-state index in [9.17, 15) is 13.2 Å². The van der Waals surface area contributed by atoms with Crippen molar-refractivity contribution in [2.45, 2.75) is 84.4 Å². The van der Waals surface area contributed by atoms with E-state index in [1.54, 1.807) is 18.2 Å². The molecule has 0 aliphatic heterocycles. The number of benzene rings is 2. The number of hydrogen-bond acceptors (Lipinski definition) is 5. The quantitative estimate of drug-likeness (QED) is 0.118. The summed E-state index contributed by atoms with van der Waals surface area (Å²) in [5, 5.41) is 4.93. The number of alkyl halides is 3. The van der Waals surface area contributed by atoms with Crippen LogP contribution in [0.5, 0.6) is 0 Å². The first-order chi connectivity index (χ1) is 21.3. The van der Waals surface area contributed by atoms with Gasteiger partial charge in [0.25, 0.3) is 0 Å². The minimum absolute atomic E-state index is 0.108. The molecule has 0 atom stereocenters. The molecular weight excluding hydrogens is 583 g/mol. The molecule has 44 heavy (non-hydrogen) atoms. The Bertz CT molecular complexity index is 1460. The molecule has 0 bridgehead atoms. The Labute approximate surface area is 264 Å². The van der Waals surface area contributed by atoms with E-state index in [1.165, 1.54) is 50.8 Å². The van der Waals surface area contributed by atoms with Crippen molar-refractivity contribution >= 4 is 28.3 Å². The van der Waals surface area contributed by atoms with Crippen LogP contribution in [0.25, 0.3) is 22.2 Å². The molecule has 0 aliphatic carbocycles. The van der Waals surface area contributed by atoms with Crippen LogP contribution in [0.2, 0.25) is 5.02 Å². The van der Waals surface area contributed by atoms with Crippen LogP contribution >= 0.6 is 11.6 Å². The number of aromatic nitrogens is 3. The summed E-state index contributed by atoms with van der Waals surface area (Å²) in [6.07, 6.45) is 6.96. The fourth-order valence-corrected chi connectivity index (χ4v) is 5.64. The third-order valence-corrected chi connectivity index (χ3v) is 8.16. The van der Waals surface area contributed by atoms with Crippen LogP contribution in [0.3, 0.4) is 0 Å². The van der Waals surface area contributed by atoms with Gasteiger partial charge in [0.05, 0.1) is 23.3 Å². The van der Waals surface area contributed by atoms with Crippen LogP contribution in [0, 0.1) is 0 Å². The van der Waals surface area contributed by atoms with Crippen LogP contribution in [0.4, 0.5) is 19.0 Å². The normalized spacial score (nSPS) is 11.9. The van der Waals surface area contributed by atoms with Crippen LogP contribution < -0.4 is 5.32 Å². The van der Waals surface area contributed by atoms with Crippen molar-refractivity contribution in [3.8, 4) is 11.3 Å². The number of halogens is 4. The molecule has 236 valence electrons. The van der Waals surface area contributed by atoms with Gasteiger partial charge in [-0.2, -0.15) is 13.2 Å². The highest BCUT2D eigenvalue weighted by molar-refractivity contribution is 6.31. The first-order valence-electron chi connectivity index (χ1n) is 15.8. The summed E-state index contributed by atoms with van der Waals surface area (Å²) in [5.74, 6) is 1.32. The average molecular weight is 626 g/mol. The molecule has 2 aromatic carbocycles. The zero-order valence-electron chi connectivity index (χ0n) is 25.8. The van der Waals surface area contributed by atoms with E-state index in [-0.39, 0.29) is 5.69 Å². The standard InChI is InChI=1S/C35H43ClF3N5/c1-3-5-7-11-22-44(23-12-8-6-4-2)25-32-42-31-24-27(33-29(35(37,38)39)15-13-20-40-33)17-18-28(31)34(43-32)41-21-19-26-14-9-10-16-30(26)36/h9-10,13-18,20,24H,3-8,11-12,19,21-23,25H2,1-2H3,(H,41,42,43). The summed E-state index contributed by atoms with van der Waals surface area (Å²) in [6, 6.07) is 15.3. The van der Waals surface area contributed by atoms with Crippen LogP contribution in [0.15, 0.2) is 60.8 Å². The minimum Gasteiger partial charge on any atom is -0.369 e. The average Bonchev–Trinajstić information content (AvgIpc) is 3.01. The number of unbranched alkanes of at least 4 members (excludes halogenated alkanes) is 6. The lowest BCUT2D eigenvalue weighted by Gasteiger charge is -2.22. The van der Waals surface area contributed by atoms with Crippen molar-refractivity contribution in [3.05, 3.63) is 82.8 Å². The molecule has 0 unspecified atom stereocenters. The molecule has 1 N–H and O–H groups in total. The lowest BCUT2D eigenvalue weighted by molar-refractivity contribution is -0.137. The molecule has 0 fully saturated rings.